The first kappa shape index (κ1) is 20.7. The van der Waals surface area contributed by atoms with Crippen LogP contribution in [-0.4, -0.2) is 38.3 Å². The van der Waals surface area contributed by atoms with Crippen molar-refractivity contribution in [2.75, 3.05) is 23.7 Å². The van der Waals surface area contributed by atoms with Gasteiger partial charge in [0.25, 0.3) is 0 Å². The van der Waals surface area contributed by atoms with Gasteiger partial charge in [0.1, 0.15) is 0 Å². The molecule has 0 spiro atoms. The van der Waals surface area contributed by atoms with E-state index in [2.05, 4.69) is 6.92 Å². The largest absolute Gasteiger partial charge is 0.478 e. The second kappa shape index (κ2) is 9.95. The number of carboxylic acids is 1. The predicted molar refractivity (Wildman–Crippen MR) is 105 cm³/mol. The number of unbranched alkanes of at least 4 members (excludes halogenated alkanes) is 6. The van der Waals surface area contributed by atoms with Crippen LogP contribution in [0.15, 0.2) is 23.1 Å². The Morgan fingerprint density at radius 3 is 2.27 bits per heavy atom. The van der Waals surface area contributed by atoms with E-state index in [0.717, 1.165) is 45.2 Å². The van der Waals surface area contributed by atoms with Crippen molar-refractivity contribution in [3.05, 3.63) is 23.8 Å². The molecule has 0 unspecified atom stereocenters. The first-order valence-corrected chi connectivity index (χ1v) is 11.5. The molecule has 0 radical (unpaired) electrons. The maximum atomic E-state index is 12.6. The van der Waals surface area contributed by atoms with Gasteiger partial charge in [-0.25, -0.2) is 13.2 Å². The number of carbonyl (C=O) groups is 1. The van der Waals surface area contributed by atoms with Crippen LogP contribution < -0.4 is 4.90 Å². The molecule has 1 aliphatic heterocycles. The summed E-state index contributed by atoms with van der Waals surface area (Å²) < 4.78 is 25.1. The van der Waals surface area contributed by atoms with Crippen LogP contribution in [0.25, 0.3) is 0 Å². The fraction of sp³-hybridized carbons (Fsp3) is 0.650. The number of hydrogen-bond acceptors (Lipinski definition) is 4. The van der Waals surface area contributed by atoms with Gasteiger partial charge in [-0.3, -0.25) is 0 Å². The number of anilines is 1. The summed E-state index contributed by atoms with van der Waals surface area (Å²) in [5, 5.41) is 9.51. The molecule has 146 valence electrons. The number of benzene rings is 1. The number of carboxylic acid groups (broad SMARTS) is 1. The molecule has 1 aromatic rings. The summed E-state index contributed by atoms with van der Waals surface area (Å²) in [6.45, 7) is 3.82. The van der Waals surface area contributed by atoms with Crippen molar-refractivity contribution in [1.82, 2.24) is 0 Å². The molecule has 1 saturated heterocycles. The molecule has 0 amide bonds. The van der Waals surface area contributed by atoms with Crippen LogP contribution in [0.3, 0.4) is 0 Å². The Morgan fingerprint density at radius 1 is 1.04 bits per heavy atom. The molecule has 0 aliphatic carbocycles. The molecule has 6 heteroatoms. The molecule has 1 N–H and O–H groups in total. The molecule has 1 aromatic carbocycles. The van der Waals surface area contributed by atoms with E-state index in [0.29, 0.717) is 12.1 Å². The number of nitrogens with zero attached hydrogens (tertiary/aromatic N) is 1. The molecular weight excluding hydrogens is 350 g/mol. The molecule has 2 rings (SSSR count). The third-order valence-electron chi connectivity index (χ3n) is 5.02. The molecule has 0 aromatic heterocycles. The van der Waals surface area contributed by atoms with Crippen molar-refractivity contribution in [3.63, 3.8) is 0 Å². The van der Waals surface area contributed by atoms with Crippen molar-refractivity contribution >= 4 is 21.5 Å². The van der Waals surface area contributed by atoms with Gasteiger partial charge in [-0.1, -0.05) is 45.4 Å². The summed E-state index contributed by atoms with van der Waals surface area (Å²) in [5.74, 6) is -0.983. The highest BCUT2D eigenvalue weighted by Gasteiger charge is 2.23. The van der Waals surface area contributed by atoms with Crippen molar-refractivity contribution in [1.29, 1.82) is 0 Å². The zero-order valence-electron chi connectivity index (χ0n) is 15.7. The van der Waals surface area contributed by atoms with E-state index >= 15 is 0 Å². The first-order chi connectivity index (χ1) is 12.5. The molecule has 0 atom stereocenters. The summed E-state index contributed by atoms with van der Waals surface area (Å²) >= 11 is 0. The average molecular weight is 382 g/mol. The van der Waals surface area contributed by atoms with Crippen molar-refractivity contribution < 1.29 is 18.3 Å². The van der Waals surface area contributed by atoms with Gasteiger partial charge in [-0.05, 0) is 37.5 Å². The zero-order valence-corrected chi connectivity index (χ0v) is 16.6. The maximum absolute atomic E-state index is 12.6. The first-order valence-electron chi connectivity index (χ1n) is 9.81. The van der Waals surface area contributed by atoms with Gasteiger partial charge in [0.2, 0.25) is 0 Å². The Labute approximate surface area is 157 Å². The van der Waals surface area contributed by atoms with E-state index in [1.54, 1.807) is 12.1 Å². The van der Waals surface area contributed by atoms with E-state index in [1.807, 2.05) is 4.90 Å². The third kappa shape index (κ3) is 5.73. The summed E-state index contributed by atoms with van der Waals surface area (Å²) in [6.07, 6.45) is 9.47. The van der Waals surface area contributed by atoms with Crippen LogP contribution in [0.4, 0.5) is 5.69 Å². The Kier molecular flexibility index (Phi) is 7.94. The van der Waals surface area contributed by atoms with E-state index in [9.17, 15) is 18.3 Å². The van der Waals surface area contributed by atoms with Crippen LogP contribution in [0.2, 0.25) is 0 Å². The smallest absolute Gasteiger partial charge is 0.337 e. The minimum atomic E-state index is -3.44. The summed E-state index contributed by atoms with van der Waals surface area (Å²) in [6, 6.07) is 4.57. The van der Waals surface area contributed by atoms with Crippen LogP contribution in [-0.2, 0) is 9.84 Å². The Hall–Kier alpha value is -1.56. The predicted octanol–water partition coefficient (Wildman–Crippen LogP) is 4.51. The van der Waals surface area contributed by atoms with Crippen LogP contribution >= 0.6 is 0 Å². The molecule has 1 aliphatic rings. The summed E-state index contributed by atoms with van der Waals surface area (Å²) in [4.78, 5) is 13.8. The minimum Gasteiger partial charge on any atom is -0.478 e. The Morgan fingerprint density at radius 2 is 1.65 bits per heavy atom. The highest BCUT2D eigenvalue weighted by Crippen LogP contribution is 2.28. The lowest BCUT2D eigenvalue weighted by Crippen LogP contribution is -2.21. The van der Waals surface area contributed by atoms with Crippen molar-refractivity contribution in [2.24, 2.45) is 0 Å². The minimum absolute atomic E-state index is 0.0862. The molecule has 26 heavy (non-hydrogen) atoms. The Balaban J connectivity index is 2.00. The van der Waals surface area contributed by atoms with E-state index in [1.165, 1.54) is 25.3 Å². The quantitative estimate of drug-likeness (QED) is 0.571. The topological polar surface area (TPSA) is 74.7 Å². The van der Waals surface area contributed by atoms with Gasteiger partial charge in [0.15, 0.2) is 9.84 Å². The molecule has 0 bridgehead atoms. The van der Waals surface area contributed by atoms with Crippen molar-refractivity contribution in [2.45, 2.75) is 69.6 Å². The lowest BCUT2D eigenvalue weighted by atomic mass is 10.1. The second-order valence-corrected chi connectivity index (χ2v) is 9.23. The molecule has 1 fully saturated rings. The maximum Gasteiger partial charge on any atom is 0.337 e. The van der Waals surface area contributed by atoms with Gasteiger partial charge in [0, 0.05) is 13.1 Å². The van der Waals surface area contributed by atoms with Gasteiger partial charge < -0.3 is 10.0 Å². The fourth-order valence-electron chi connectivity index (χ4n) is 3.48. The van der Waals surface area contributed by atoms with E-state index < -0.39 is 15.8 Å². The number of sulfone groups is 1. The van der Waals surface area contributed by atoms with Crippen LogP contribution in [0, 0.1) is 0 Å². The standard InChI is InChI=1S/C20H31NO4S/c1-2-3-4-5-6-7-10-15-26(24,25)17-11-12-19(18(16-17)20(22)23)21-13-8-9-14-21/h11-12,16H,2-10,13-15H2,1H3,(H,22,23). The van der Waals surface area contributed by atoms with Gasteiger partial charge in [0.05, 0.1) is 21.9 Å². The zero-order chi connectivity index (χ0) is 19.0. The number of hydrogen-bond donors (Lipinski definition) is 1. The number of aromatic carboxylic acids is 1. The van der Waals surface area contributed by atoms with Crippen LogP contribution in [0.5, 0.6) is 0 Å². The highest BCUT2D eigenvalue weighted by atomic mass is 32.2. The van der Waals surface area contributed by atoms with E-state index in [4.69, 9.17) is 0 Å². The van der Waals surface area contributed by atoms with Crippen molar-refractivity contribution in [3.8, 4) is 0 Å². The normalized spacial score (nSPS) is 14.7. The molecular formula is C20H31NO4S. The molecule has 1 heterocycles. The van der Waals surface area contributed by atoms with Gasteiger partial charge in [-0.2, -0.15) is 0 Å². The summed E-state index contributed by atoms with van der Waals surface area (Å²) in [5.41, 5.74) is 0.720. The molecule has 5 nitrogen and oxygen atoms in total. The van der Waals surface area contributed by atoms with E-state index in [-0.39, 0.29) is 16.2 Å². The lowest BCUT2D eigenvalue weighted by Gasteiger charge is -2.20. The highest BCUT2D eigenvalue weighted by molar-refractivity contribution is 7.91. The SMILES string of the molecule is CCCCCCCCCS(=O)(=O)c1ccc(N2CCCC2)c(C(=O)O)c1. The van der Waals surface area contributed by atoms with Crippen LogP contribution in [0.1, 0.15) is 75.1 Å². The second-order valence-electron chi connectivity index (χ2n) is 7.12. The fourth-order valence-corrected chi connectivity index (χ4v) is 4.87. The molecule has 0 saturated carbocycles. The average Bonchev–Trinajstić information content (AvgIpc) is 3.15. The number of rotatable bonds is 11. The monoisotopic (exact) mass is 381 g/mol. The third-order valence-corrected chi connectivity index (χ3v) is 6.82. The Bertz CT molecular complexity index is 694. The van der Waals surface area contributed by atoms with Gasteiger partial charge >= 0.3 is 5.97 Å². The lowest BCUT2D eigenvalue weighted by molar-refractivity contribution is 0.0697. The summed E-state index contributed by atoms with van der Waals surface area (Å²) in [7, 11) is -3.44. The van der Waals surface area contributed by atoms with Gasteiger partial charge in [-0.15, -0.1) is 0 Å².